The molecule has 202 valence electrons. The average Bonchev–Trinajstić information content (AvgIpc) is 3.23. The molecular formula is C28H35N5O4S. The molecule has 0 unspecified atom stereocenters. The van der Waals surface area contributed by atoms with Gasteiger partial charge in [-0.05, 0) is 50.3 Å². The Balaban J connectivity index is 1.53. The van der Waals surface area contributed by atoms with Crippen molar-refractivity contribution in [2.24, 2.45) is 7.05 Å². The Labute approximate surface area is 224 Å². The molecule has 1 aliphatic heterocycles. The highest BCUT2D eigenvalue weighted by atomic mass is 32.2. The zero-order valence-electron chi connectivity index (χ0n) is 22.4. The number of likely N-dealkylation sites (N-methyl/N-ethyl adjacent to an activating group) is 1. The van der Waals surface area contributed by atoms with Crippen molar-refractivity contribution in [2.45, 2.75) is 11.3 Å². The quantitative estimate of drug-likeness (QED) is 0.323. The van der Waals surface area contributed by atoms with Crippen LogP contribution in [0.15, 0.2) is 59.5 Å². The minimum Gasteiger partial charge on any atom is -0.481 e. The van der Waals surface area contributed by atoms with Crippen molar-refractivity contribution >= 4 is 37.5 Å². The number of fused-ring (bicyclic) bond motifs is 3. The topological polar surface area (TPSA) is 80.1 Å². The Morgan fingerprint density at radius 3 is 2.37 bits per heavy atom. The van der Waals surface area contributed by atoms with Gasteiger partial charge in [-0.15, -0.1) is 0 Å². The normalized spacial score (nSPS) is 15.3. The number of methoxy groups -OCH3 is 2. The van der Waals surface area contributed by atoms with Gasteiger partial charge >= 0.3 is 0 Å². The lowest BCUT2D eigenvalue weighted by atomic mass is 10.1. The van der Waals surface area contributed by atoms with E-state index in [4.69, 9.17) is 9.47 Å². The molecule has 0 spiro atoms. The molecule has 5 rings (SSSR count). The summed E-state index contributed by atoms with van der Waals surface area (Å²) < 4.78 is 42.8. The lowest BCUT2D eigenvalue weighted by Gasteiger charge is -2.33. The first kappa shape index (κ1) is 26.3. The third-order valence-electron chi connectivity index (χ3n) is 7.39. The highest BCUT2D eigenvalue weighted by Gasteiger charge is 2.29. The van der Waals surface area contributed by atoms with Crippen LogP contribution in [0.1, 0.15) is 6.42 Å². The van der Waals surface area contributed by atoms with Gasteiger partial charge in [0.25, 0.3) is 10.0 Å². The van der Waals surface area contributed by atoms with Gasteiger partial charge in [0.1, 0.15) is 5.69 Å². The fraction of sp³-hybridized carbons (Fsp3) is 0.393. The van der Waals surface area contributed by atoms with E-state index >= 15 is 0 Å². The third kappa shape index (κ3) is 4.91. The monoisotopic (exact) mass is 537 g/mol. The Kier molecular flexibility index (Phi) is 7.47. The predicted molar refractivity (Wildman–Crippen MR) is 151 cm³/mol. The number of aryl methyl sites for hydroxylation is 1. The van der Waals surface area contributed by atoms with Crippen molar-refractivity contribution in [1.29, 1.82) is 0 Å². The van der Waals surface area contributed by atoms with Crippen molar-refractivity contribution in [3.63, 3.8) is 0 Å². The van der Waals surface area contributed by atoms with E-state index in [0.29, 0.717) is 24.5 Å². The van der Waals surface area contributed by atoms with Crippen molar-refractivity contribution in [1.82, 2.24) is 19.4 Å². The van der Waals surface area contributed by atoms with Gasteiger partial charge in [-0.25, -0.2) is 8.42 Å². The van der Waals surface area contributed by atoms with E-state index in [9.17, 15) is 8.42 Å². The molecule has 4 aromatic rings. The number of hydrogen-bond donors (Lipinski definition) is 0. The smallest absolute Gasteiger partial charge is 0.264 e. The maximum atomic E-state index is 14.3. The number of rotatable bonds is 9. The van der Waals surface area contributed by atoms with Gasteiger partial charge in [-0.3, -0.25) is 4.31 Å². The second kappa shape index (κ2) is 10.8. The van der Waals surface area contributed by atoms with E-state index in [0.717, 1.165) is 54.5 Å². The van der Waals surface area contributed by atoms with Crippen molar-refractivity contribution in [3.8, 4) is 11.8 Å². The average molecular weight is 538 g/mol. The van der Waals surface area contributed by atoms with Gasteiger partial charge in [0.2, 0.25) is 11.8 Å². The maximum Gasteiger partial charge on any atom is 0.264 e. The fourth-order valence-corrected chi connectivity index (χ4v) is 6.71. The number of pyridine rings is 1. The molecule has 2 aromatic heterocycles. The number of aromatic nitrogens is 2. The van der Waals surface area contributed by atoms with Crippen LogP contribution in [0.2, 0.25) is 0 Å². The summed E-state index contributed by atoms with van der Waals surface area (Å²) in [6.45, 7) is 5.11. The van der Waals surface area contributed by atoms with E-state index in [-0.39, 0.29) is 10.8 Å². The van der Waals surface area contributed by atoms with Crippen molar-refractivity contribution in [2.75, 3.05) is 64.8 Å². The van der Waals surface area contributed by atoms with Gasteiger partial charge in [0.15, 0.2) is 0 Å². The van der Waals surface area contributed by atoms with Crippen molar-refractivity contribution < 1.29 is 17.9 Å². The van der Waals surface area contributed by atoms with Crippen molar-refractivity contribution in [3.05, 3.63) is 54.6 Å². The molecule has 2 aromatic carbocycles. The number of sulfonamides is 1. The molecule has 3 heterocycles. The third-order valence-corrected chi connectivity index (χ3v) is 9.20. The Hall–Kier alpha value is -3.34. The number of nitrogens with zero attached hydrogens (tertiary/aromatic N) is 5. The summed E-state index contributed by atoms with van der Waals surface area (Å²) in [7, 11) is 3.20. The highest BCUT2D eigenvalue weighted by Crippen LogP contribution is 2.35. The summed E-state index contributed by atoms with van der Waals surface area (Å²) in [5.74, 6) is 0.566. The first-order chi connectivity index (χ1) is 18.3. The zero-order valence-corrected chi connectivity index (χ0v) is 23.2. The Bertz CT molecular complexity index is 1540. The minimum absolute atomic E-state index is 0.207. The van der Waals surface area contributed by atoms with Crippen LogP contribution >= 0.6 is 0 Å². The first-order valence-electron chi connectivity index (χ1n) is 12.8. The number of benzene rings is 2. The molecule has 1 aliphatic rings. The van der Waals surface area contributed by atoms with Crippen LogP contribution in [-0.4, -0.2) is 88.3 Å². The van der Waals surface area contributed by atoms with Crippen LogP contribution in [0, 0.1) is 0 Å². The molecule has 1 saturated heterocycles. The van der Waals surface area contributed by atoms with Crippen LogP contribution < -0.4 is 13.8 Å². The first-order valence-corrected chi connectivity index (χ1v) is 14.3. The molecule has 9 nitrogen and oxygen atoms in total. The van der Waals surface area contributed by atoms with Gasteiger partial charge in [0.05, 0.1) is 19.1 Å². The van der Waals surface area contributed by atoms with Gasteiger partial charge in [0, 0.05) is 67.6 Å². The van der Waals surface area contributed by atoms with E-state index in [1.807, 2.05) is 37.4 Å². The highest BCUT2D eigenvalue weighted by molar-refractivity contribution is 7.92. The molecule has 0 N–H and O–H groups in total. The van der Waals surface area contributed by atoms with Crippen LogP contribution in [0.5, 0.6) is 11.8 Å². The van der Waals surface area contributed by atoms with Gasteiger partial charge in [-0.2, -0.15) is 4.98 Å². The molecule has 0 saturated carbocycles. The Morgan fingerprint density at radius 1 is 0.895 bits per heavy atom. The summed E-state index contributed by atoms with van der Waals surface area (Å²) >= 11 is 0. The summed E-state index contributed by atoms with van der Waals surface area (Å²) in [6.07, 6.45) is 0.675. The number of anilines is 1. The second-order valence-corrected chi connectivity index (χ2v) is 11.6. The standard InChI is InChI=1S/C28H35N5O4S/c1-30-16-18-32(19-17-30)14-7-15-33(26-12-13-27(36-3)29-28(26)37-4)38(34,35)21-10-11-25-23(20-21)22-8-5-6-9-24(22)31(25)2/h5-6,8-13,20H,7,14-19H2,1-4H3. The van der Waals surface area contributed by atoms with Crippen LogP contribution in [0.3, 0.4) is 0 Å². The summed E-state index contributed by atoms with van der Waals surface area (Å²) in [6, 6.07) is 16.8. The van der Waals surface area contributed by atoms with Gasteiger partial charge < -0.3 is 23.8 Å². The number of ether oxygens (including phenoxy) is 2. The lowest BCUT2D eigenvalue weighted by Crippen LogP contribution is -2.45. The molecular weight excluding hydrogens is 502 g/mol. The maximum absolute atomic E-state index is 14.3. The van der Waals surface area contributed by atoms with E-state index < -0.39 is 10.0 Å². The second-order valence-electron chi connectivity index (χ2n) is 9.71. The largest absolute Gasteiger partial charge is 0.481 e. The molecule has 38 heavy (non-hydrogen) atoms. The molecule has 0 bridgehead atoms. The van der Waals surface area contributed by atoms with E-state index in [1.54, 1.807) is 24.3 Å². The molecule has 0 radical (unpaired) electrons. The Morgan fingerprint density at radius 2 is 1.63 bits per heavy atom. The summed E-state index contributed by atoms with van der Waals surface area (Å²) in [4.78, 5) is 9.30. The van der Waals surface area contributed by atoms with E-state index in [2.05, 4.69) is 26.4 Å². The molecule has 0 amide bonds. The molecule has 1 fully saturated rings. The molecule has 10 heteroatoms. The van der Waals surface area contributed by atoms with E-state index in [1.165, 1.54) is 18.5 Å². The SMILES string of the molecule is COc1ccc(N(CCCN2CCN(C)CC2)S(=O)(=O)c2ccc3c(c2)c2ccccc2n3C)c(OC)n1. The number of piperazine rings is 1. The van der Waals surface area contributed by atoms with Crippen LogP contribution in [0.25, 0.3) is 21.8 Å². The lowest BCUT2D eigenvalue weighted by molar-refractivity contribution is 0.153. The minimum atomic E-state index is -3.93. The van der Waals surface area contributed by atoms with Crippen LogP contribution in [0.4, 0.5) is 5.69 Å². The predicted octanol–water partition coefficient (Wildman–Crippen LogP) is 3.58. The van der Waals surface area contributed by atoms with Crippen LogP contribution in [-0.2, 0) is 17.1 Å². The molecule has 0 atom stereocenters. The van der Waals surface area contributed by atoms with Gasteiger partial charge in [-0.1, -0.05) is 18.2 Å². The number of hydrogen-bond acceptors (Lipinski definition) is 7. The number of para-hydroxylation sites is 1. The fourth-order valence-electron chi connectivity index (χ4n) is 5.18. The molecule has 0 aliphatic carbocycles. The summed E-state index contributed by atoms with van der Waals surface area (Å²) in [5.41, 5.74) is 2.43. The summed E-state index contributed by atoms with van der Waals surface area (Å²) in [5, 5.41) is 1.92. The zero-order chi connectivity index (χ0) is 26.9.